The summed E-state index contributed by atoms with van der Waals surface area (Å²) in [4.78, 5) is 0. The minimum atomic E-state index is 0.144. The molecule has 0 heterocycles. The summed E-state index contributed by atoms with van der Waals surface area (Å²) in [6.07, 6.45) is 1.14. The molecule has 1 rings (SSSR count). The summed E-state index contributed by atoms with van der Waals surface area (Å²) in [5.74, 6) is 0.144. The molecular formula is C14H23N3O. The Hall–Kier alpha value is -1.55. The summed E-state index contributed by atoms with van der Waals surface area (Å²) < 4.78 is 0. The third kappa shape index (κ3) is 4.37. The van der Waals surface area contributed by atoms with Gasteiger partial charge >= 0.3 is 0 Å². The number of nitrogens with one attached hydrogen (secondary N) is 1. The molecule has 0 saturated carbocycles. The maximum absolute atomic E-state index is 8.64. The highest BCUT2D eigenvalue weighted by molar-refractivity contribution is 5.97. The van der Waals surface area contributed by atoms with Crippen molar-refractivity contribution in [2.24, 2.45) is 16.3 Å². The van der Waals surface area contributed by atoms with E-state index in [4.69, 9.17) is 10.9 Å². The first kappa shape index (κ1) is 14.5. The molecule has 0 saturated heterocycles. The van der Waals surface area contributed by atoms with E-state index in [1.54, 1.807) is 0 Å². The molecule has 0 aliphatic rings. The molecule has 1 aromatic carbocycles. The van der Waals surface area contributed by atoms with Crippen LogP contribution in [-0.2, 0) is 6.54 Å². The predicted molar refractivity (Wildman–Crippen MR) is 74.7 cm³/mol. The first-order valence-corrected chi connectivity index (χ1v) is 6.26. The maximum Gasteiger partial charge on any atom is 0.170 e. The minimum Gasteiger partial charge on any atom is -0.409 e. The Bertz CT molecular complexity index is 413. The summed E-state index contributed by atoms with van der Waals surface area (Å²) in [5.41, 5.74) is 7.74. The fourth-order valence-electron chi connectivity index (χ4n) is 1.57. The van der Waals surface area contributed by atoms with E-state index in [0.29, 0.717) is 5.41 Å². The van der Waals surface area contributed by atoms with Gasteiger partial charge in [-0.3, -0.25) is 0 Å². The zero-order valence-corrected chi connectivity index (χ0v) is 11.4. The first-order valence-electron chi connectivity index (χ1n) is 6.26. The van der Waals surface area contributed by atoms with E-state index >= 15 is 0 Å². The number of hydrogen-bond donors (Lipinski definition) is 3. The highest BCUT2D eigenvalue weighted by atomic mass is 16.4. The maximum atomic E-state index is 8.64. The summed E-state index contributed by atoms with van der Waals surface area (Å²) in [6, 6.07) is 7.70. The molecule has 0 spiro atoms. The standard InChI is InChI=1S/C14H23N3O/c1-4-14(2,3)10-16-9-11-6-5-7-12(8-11)13(15)17-18/h5-8,16,18H,4,9-10H2,1-3H3,(H2,15,17). The molecule has 100 valence electrons. The van der Waals surface area contributed by atoms with E-state index in [9.17, 15) is 0 Å². The number of benzene rings is 1. The van der Waals surface area contributed by atoms with E-state index in [1.807, 2.05) is 24.3 Å². The Morgan fingerprint density at radius 2 is 2.17 bits per heavy atom. The van der Waals surface area contributed by atoms with Crippen LogP contribution in [0.15, 0.2) is 29.4 Å². The van der Waals surface area contributed by atoms with Crippen LogP contribution in [0.3, 0.4) is 0 Å². The molecule has 4 nitrogen and oxygen atoms in total. The molecule has 0 bridgehead atoms. The molecule has 0 unspecified atom stereocenters. The number of oxime groups is 1. The van der Waals surface area contributed by atoms with Crippen molar-refractivity contribution in [2.75, 3.05) is 6.54 Å². The van der Waals surface area contributed by atoms with Gasteiger partial charge in [-0.1, -0.05) is 44.1 Å². The van der Waals surface area contributed by atoms with Crippen LogP contribution in [0.25, 0.3) is 0 Å². The van der Waals surface area contributed by atoms with Crippen molar-refractivity contribution in [2.45, 2.75) is 33.7 Å². The van der Waals surface area contributed by atoms with E-state index in [0.717, 1.165) is 30.6 Å². The van der Waals surface area contributed by atoms with Gasteiger partial charge in [0.1, 0.15) is 0 Å². The fourth-order valence-corrected chi connectivity index (χ4v) is 1.57. The van der Waals surface area contributed by atoms with Gasteiger partial charge in [0.25, 0.3) is 0 Å². The normalized spacial score (nSPS) is 12.7. The zero-order valence-electron chi connectivity index (χ0n) is 11.4. The number of rotatable bonds is 6. The quantitative estimate of drug-likeness (QED) is 0.313. The monoisotopic (exact) mass is 249 g/mol. The minimum absolute atomic E-state index is 0.144. The summed E-state index contributed by atoms with van der Waals surface area (Å²) in [7, 11) is 0. The molecule has 0 aromatic heterocycles. The molecule has 1 aromatic rings. The van der Waals surface area contributed by atoms with Crippen LogP contribution in [0.4, 0.5) is 0 Å². The van der Waals surface area contributed by atoms with Gasteiger partial charge < -0.3 is 16.3 Å². The highest BCUT2D eigenvalue weighted by Gasteiger charge is 2.13. The van der Waals surface area contributed by atoms with Crippen molar-refractivity contribution < 1.29 is 5.21 Å². The Morgan fingerprint density at radius 1 is 1.44 bits per heavy atom. The molecule has 0 amide bonds. The lowest BCUT2D eigenvalue weighted by atomic mass is 9.90. The Kier molecular flexibility index (Phi) is 5.16. The van der Waals surface area contributed by atoms with Crippen LogP contribution < -0.4 is 11.1 Å². The summed E-state index contributed by atoms with van der Waals surface area (Å²) in [6.45, 7) is 8.44. The SMILES string of the molecule is CCC(C)(C)CNCc1cccc(/C(N)=N/O)c1. The van der Waals surface area contributed by atoms with Crippen LogP contribution in [0.2, 0.25) is 0 Å². The molecule has 0 atom stereocenters. The Balaban J connectivity index is 2.58. The topological polar surface area (TPSA) is 70.6 Å². The molecule has 4 N–H and O–H groups in total. The second kappa shape index (κ2) is 6.40. The van der Waals surface area contributed by atoms with Crippen molar-refractivity contribution in [3.05, 3.63) is 35.4 Å². The third-order valence-corrected chi connectivity index (χ3v) is 3.22. The average Bonchev–Trinajstić information content (AvgIpc) is 2.38. The lowest BCUT2D eigenvalue weighted by Crippen LogP contribution is -2.28. The highest BCUT2D eigenvalue weighted by Crippen LogP contribution is 2.17. The van der Waals surface area contributed by atoms with Gasteiger partial charge in [0.15, 0.2) is 5.84 Å². The van der Waals surface area contributed by atoms with Crippen LogP contribution in [-0.4, -0.2) is 17.6 Å². The number of nitrogens with two attached hydrogens (primary N) is 1. The van der Waals surface area contributed by atoms with Crippen LogP contribution in [0.5, 0.6) is 0 Å². The van der Waals surface area contributed by atoms with Crippen LogP contribution in [0, 0.1) is 5.41 Å². The Labute approximate surface area is 109 Å². The molecule has 0 aliphatic carbocycles. The van der Waals surface area contributed by atoms with Crippen molar-refractivity contribution >= 4 is 5.84 Å². The van der Waals surface area contributed by atoms with Crippen LogP contribution in [0.1, 0.15) is 38.3 Å². The van der Waals surface area contributed by atoms with Gasteiger partial charge in [-0.2, -0.15) is 0 Å². The number of nitrogens with zero attached hydrogens (tertiary/aromatic N) is 1. The predicted octanol–water partition coefficient (Wildman–Crippen LogP) is 2.31. The van der Waals surface area contributed by atoms with Crippen LogP contribution >= 0.6 is 0 Å². The van der Waals surface area contributed by atoms with E-state index in [2.05, 4.69) is 31.2 Å². The molecular weight excluding hydrogens is 226 g/mol. The van der Waals surface area contributed by atoms with Gasteiger partial charge in [0.2, 0.25) is 0 Å². The fraction of sp³-hybridized carbons (Fsp3) is 0.500. The third-order valence-electron chi connectivity index (χ3n) is 3.22. The molecule has 0 radical (unpaired) electrons. The van der Waals surface area contributed by atoms with Crippen molar-refractivity contribution in [3.63, 3.8) is 0 Å². The molecule has 4 heteroatoms. The van der Waals surface area contributed by atoms with E-state index < -0.39 is 0 Å². The largest absolute Gasteiger partial charge is 0.409 e. The van der Waals surface area contributed by atoms with Gasteiger partial charge in [0, 0.05) is 18.7 Å². The van der Waals surface area contributed by atoms with E-state index in [-0.39, 0.29) is 5.84 Å². The van der Waals surface area contributed by atoms with Crippen molar-refractivity contribution in [1.82, 2.24) is 5.32 Å². The van der Waals surface area contributed by atoms with Crippen molar-refractivity contribution in [3.8, 4) is 0 Å². The molecule has 0 aliphatic heterocycles. The first-order chi connectivity index (χ1) is 8.48. The summed E-state index contributed by atoms with van der Waals surface area (Å²) >= 11 is 0. The zero-order chi connectivity index (χ0) is 13.6. The smallest absolute Gasteiger partial charge is 0.170 e. The van der Waals surface area contributed by atoms with Gasteiger partial charge in [-0.25, -0.2) is 0 Å². The number of hydrogen-bond acceptors (Lipinski definition) is 3. The van der Waals surface area contributed by atoms with Gasteiger partial charge in [-0.05, 0) is 23.5 Å². The lowest BCUT2D eigenvalue weighted by molar-refractivity contribution is 0.318. The lowest BCUT2D eigenvalue weighted by Gasteiger charge is -2.23. The second-order valence-corrected chi connectivity index (χ2v) is 5.31. The average molecular weight is 249 g/mol. The van der Waals surface area contributed by atoms with Gasteiger partial charge in [0.05, 0.1) is 0 Å². The van der Waals surface area contributed by atoms with Gasteiger partial charge in [-0.15, -0.1) is 0 Å². The second-order valence-electron chi connectivity index (χ2n) is 5.31. The van der Waals surface area contributed by atoms with Crippen molar-refractivity contribution in [1.29, 1.82) is 0 Å². The van der Waals surface area contributed by atoms with E-state index in [1.165, 1.54) is 0 Å². The number of amidine groups is 1. The molecule has 0 fully saturated rings. The summed E-state index contributed by atoms with van der Waals surface area (Å²) in [5, 5.41) is 15.1. The molecule has 18 heavy (non-hydrogen) atoms. The Morgan fingerprint density at radius 3 is 2.78 bits per heavy atom.